The molecule has 3 aromatic carbocycles. The van der Waals surface area contributed by atoms with Gasteiger partial charge in [0.1, 0.15) is 11.5 Å². The number of fused-ring (bicyclic) bond motifs is 1. The molecule has 132 valence electrons. The third kappa shape index (κ3) is 3.13. The predicted molar refractivity (Wildman–Crippen MR) is 105 cm³/mol. The van der Waals surface area contributed by atoms with E-state index in [-0.39, 0.29) is 6.04 Å². The molecule has 1 N–H and O–H groups in total. The van der Waals surface area contributed by atoms with Crippen molar-refractivity contribution < 1.29 is 9.47 Å². The third-order valence-electron chi connectivity index (χ3n) is 5.17. The Hall–Kier alpha value is -2.94. The number of rotatable bonds is 4. The molecule has 0 spiro atoms. The lowest BCUT2D eigenvalue weighted by Gasteiger charge is -2.36. The topological polar surface area (TPSA) is 30.5 Å². The summed E-state index contributed by atoms with van der Waals surface area (Å²) >= 11 is 0. The van der Waals surface area contributed by atoms with E-state index in [4.69, 9.17) is 9.47 Å². The van der Waals surface area contributed by atoms with Gasteiger partial charge in [-0.05, 0) is 41.3 Å². The van der Waals surface area contributed by atoms with Crippen molar-refractivity contribution in [3.8, 4) is 11.5 Å². The van der Waals surface area contributed by atoms with Crippen molar-refractivity contribution in [2.75, 3.05) is 19.5 Å². The van der Waals surface area contributed by atoms with Crippen LogP contribution in [0.2, 0.25) is 0 Å². The first-order valence-corrected chi connectivity index (χ1v) is 8.91. The molecule has 2 atom stereocenters. The average molecular weight is 345 g/mol. The second kappa shape index (κ2) is 7.12. The summed E-state index contributed by atoms with van der Waals surface area (Å²) in [4.78, 5) is 0. The Morgan fingerprint density at radius 1 is 0.769 bits per heavy atom. The van der Waals surface area contributed by atoms with E-state index in [9.17, 15) is 0 Å². The van der Waals surface area contributed by atoms with Gasteiger partial charge in [0.05, 0.1) is 20.3 Å². The van der Waals surface area contributed by atoms with Gasteiger partial charge in [-0.25, -0.2) is 0 Å². The van der Waals surface area contributed by atoms with Crippen LogP contribution in [0.15, 0.2) is 72.8 Å². The second-order valence-corrected chi connectivity index (χ2v) is 6.64. The largest absolute Gasteiger partial charge is 0.497 e. The molecule has 3 aromatic rings. The van der Waals surface area contributed by atoms with Crippen LogP contribution >= 0.6 is 0 Å². The summed E-state index contributed by atoms with van der Waals surface area (Å²) in [6.45, 7) is 0. The molecule has 1 aliphatic heterocycles. The minimum absolute atomic E-state index is 0.197. The summed E-state index contributed by atoms with van der Waals surface area (Å²) < 4.78 is 10.7. The highest BCUT2D eigenvalue weighted by Gasteiger charge is 2.30. The van der Waals surface area contributed by atoms with Crippen molar-refractivity contribution in [2.24, 2.45) is 0 Å². The van der Waals surface area contributed by atoms with Crippen molar-refractivity contribution in [1.82, 2.24) is 0 Å². The van der Waals surface area contributed by atoms with Crippen molar-refractivity contribution in [1.29, 1.82) is 0 Å². The zero-order valence-corrected chi connectivity index (χ0v) is 15.1. The zero-order valence-electron chi connectivity index (χ0n) is 15.1. The van der Waals surface area contributed by atoms with E-state index in [0.29, 0.717) is 5.92 Å². The lowest BCUT2D eigenvalue weighted by Crippen LogP contribution is -2.26. The van der Waals surface area contributed by atoms with Gasteiger partial charge in [0, 0.05) is 17.7 Å². The van der Waals surface area contributed by atoms with E-state index >= 15 is 0 Å². The normalized spacial score (nSPS) is 18.5. The molecule has 26 heavy (non-hydrogen) atoms. The highest BCUT2D eigenvalue weighted by atomic mass is 16.5. The van der Waals surface area contributed by atoms with E-state index in [1.807, 2.05) is 18.2 Å². The zero-order chi connectivity index (χ0) is 17.9. The maximum atomic E-state index is 5.41. The Morgan fingerprint density at radius 3 is 2.15 bits per heavy atom. The van der Waals surface area contributed by atoms with Crippen LogP contribution in [0.3, 0.4) is 0 Å². The number of nitrogens with one attached hydrogen (secondary N) is 1. The highest BCUT2D eigenvalue weighted by molar-refractivity contribution is 5.60. The third-order valence-corrected chi connectivity index (χ3v) is 5.17. The Labute approximate surface area is 154 Å². The monoisotopic (exact) mass is 345 g/mol. The van der Waals surface area contributed by atoms with E-state index in [2.05, 4.69) is 59.9 Å². The number of hydrogen-bond acceptors (Lipinski definition) is 3. The summed E-state index contributed by atoms with van der Waals surface area (Å²) in [6, 6.07) is 25.6. The quantitative estimate of drug-likeness (QED) is 0.705. The fraction of sp³-hybridized carbons (Fsp3) is 0.217. The van der Waals surface area contributed by atoms with Gasteiger partial charge in [0.25, 0.3) is 0 Å². The lowest BCUT2D eigenvalue weighted by atomic mass is 9.79. The van der Waals surface area contributed by atoms with E-state index in [0.717, 1.165) is 23.6 Å². The van der Waals surface area contributed by atoms with Gasteiger partial charge in [0.2, 0.25) is 0 Å². The van der Waals surface area contributed by atoms with Crippen LogP contribution in [-0.4, -0.2) is 14.2 Å². The molecule has 4 rings (SSSR count). The molecule has 3 nitrogen and oxygen atoms in total. The van der Waals surface area contributed by atoms with Gasteiger partial charge >= 0.3 is 0 Å². The van der Waals surface area contributed by atoms with Crippen LogP contribution in [0.4, 0.5) is 5.69 Å². The minimum Gasteiger partial charge on any atom is -0.497 e. The maximum absolute atomic E-state index is 5.41. The van der Waals surface area contributed by atoms with Crippen LogP contribution in [0, 0.1) is 0 Å². The summed E-state index contributed by atoms with van der Waals surface area (Å²) in [5.74, 6) is 2.12. The van der Waals surface area contributed by atoms with Crippen molar-refractivity contribution in [3.63, 3.8) is 0 Å². The second-order valence-electron chi connectivity index (χ2n) is 6.64. The molecule has 0 amide bonds. The Bertz CT molecular complexity index is 874. The summed E-state index contributed by atoms with van der Waals surface area (Å²) in [7, 11) is 3.40. The van der Waals surface area contributed by atoms with Gasteiger partial charge < -0.3 is 14.8 Å². The number of anilines is 1. The average Bonchev–Trinajstić information content (AvgIpc) is 2.73. The maximum Gasteiger partial charge on any atom is 0.120 e. The van der Waals surface area contributed by atoms with E-state index in [1.54, 1.807) is 14.2 Å². The molecular weight excluding hydrogens is 322 g/mol. The van der Waals surface area contributed by atoms with Crippen LogP contribution in [0.5, 0.6) is 11.5 Å². The fourth-order valence-corrected chi connectivity index (χ4v) is 3.76. The Morgan fingerprint density at radius 2 is 1.46 bits per heavy atom. The number of hydrogen-bond donors (Lipinski definition) is 1. The lowest BCUT2D eigenvalue weighted by molar-refractivity contribution is 0.414. The summed E-state index contributed by atoms with van der Waals surface area (Å²) in [5, 5.41) is 3.75. The first kappa shape index (κ1) is 16.5. The Balaban J connectivity index is 1.76. The van der Waals surface area contributed by atoms with Crippen molar-refractivity contribution >= 4 is 5.69 Å². The van der Waals surface area contributed by atoms with Gasteiger partial charge in [-0.2, -0.15) is 0 Å². The molecule has 0 bridgehead atoms. The Kier molecular flexibility index (Phi) is 4.53. The minimum atomic E-state index is 0.197. The van der Waals surface area contributed by atoms with Crippen LogP contribution in [0.25, 0.3) is 0 Å². The standard InChI is InChI=1S/C23H23NO2/c1-25-19-11-8-17(9-12-19)23-21(16-6-4-3-5-7-16)14-18-10-13-20(26-2)15-22(18)24-23/h3-13,15,21,23-24H,14H2,1-2H3/t21-,23+/m0/s1. The number of benzene rings is 3. The molecule has 0 radical (unpaired) electrons. The molecule has 3 heteroatoms. The molecule has 1 heterocycles. The first-order valence-electron chi connectivity index (χ1n) is 8.91. The first-order chi connectivity index (χ1) is 12.8. The predicted octanol–water partition coefficient (Wildman–Crippen LogP) is 5.20. The molecule has 0 saturated heterocycles. The SMILES string of the molecule is COc1ccc([C@H]2Nc3cc(OC)ccc3C[C@H]2c2ccccc2)cc1. The van der Waals surface area contributed by atoms with Crippen LogP contribution in [-0.2, 0) is 6.42 Å². The van der Waals surface area contributed by atoms with Gasteiger partial charge in [-0.15, -0.1) is 0 Å². The van der Waals surface area contributed by atoms with E-state index < -0.39 is 0 Å². The molecule has 0 fully saturated rings. The summed E-state index contributed by atoms with van der Waals surface area (Å²) in [5.41, 5.74) is 5.08. The molecule has 0 aliphatic carbocycles. The van der Waals surface area contributed by atoms with Crippen molar-refractivity contribution in [2.45, 2.75) is 18.4 Å². The number of methoxy groups -OCH3 is 2. The van der Waals surface area contributed by atoms with Crippen LogP contribution < -0.4 is 14.8 Å². The van der Waals surface area contributed by atoms with Gasteiger partial charge in [-0.1, -0.05) is 48.5 Å². The molecule has 1 aliphatic rings. The highest BCUT2D eigenvalue weighted by Crippen LogP contribution is 2.43. The summed E-state index contributed by atoms with van der Waals surface area (Å²) in [6.07, 6.45) is 0.993. The molecule has 0 unspecified atom stereocenters. The smallest absolute Gasteiger partial charge is 0.120 e. The molecule has 0 saturated carbocycles. The van der Waals surface area contributed by atoms with Gasteiger partial charge in [-0.3, -0.25) is 0 Å². The van der Waals surface area contributed by atoms with E-state index in [1.165, 1.54) is 16.7 Å². The van der Waals surface area contributed by atoms with Gasteiger partial charge in [0.15, 0.2) is 0 Å². The molecule has 0 aromatic heterocycles. The van der Waals surface area contributed by atoms with Crippen LogP contribution in [0.1, 0.15) is 28.7 Å². The van der Waals surface area contributed by atoms with Crippen molar-refractivity contribution in [3.05, 3.63) is 89.5 Å². The number of ether oxygens (including phenoxy) is 2. The molecular formula is C23H23NO2. The fourth-order valence-electron chi connectivity index (χ4n) is 3.76.